The molecule has 2 aliphatic heterocycles. The number of benzene rings is 2. The fraction of sp³-hybridized carbons (Fsp3) is 0.542. The van der Waals surface area contributed by atoms with E-state index >= 15 is 0 Å². The van der Waals surface area contributed by atoms with Crippen molar-refractivity contribution in [1.82, 2.24) is 40.4 Å². The van der Waals surface area contributed by atoms with E-state index in [-0.39, 0.29) is 47.8 Å². The van der Waals surface area contributed by atoms with E-state index in [1.807, 2.05) is 22.2 Å². The minimum Gasteiger partial charge on any atom is -0.453 e. The molecule has 62 heavy (non-hydrogen) atoms. The summed E-state index contributed by atoms with van der Waals surface area (Å²) in [7, 11) is 2.68. The number of aromatic nitrogens is 4. The van der Waals surface area contributed by atoms with Crippen LogP contribution in [-0.4, -0.2) is 92.1 Å². The van der Waals surface area contributed by atoms with Crippen molar-refractivity contribution in [1.29, 1.82) is 0 Å². The zero-order valence-corrected chi connectivity index (χ0v) is 36.1. The van der Waals surface area contributed by atoms with Crippen molar-refractivity contribution in [2.45, 2.75) is 127 Å². The average molecular weight is 843 g/mol. The Morgan fingerprint density at radius 3 is 1.29 bits per heavy atom. The molecule has 0 bridgehead atoms. The van der Waals surface area contributed by atoms with Gasteiger partial charge in [0.2, 0.25) is 11.8 Å². The molecule has 2 spiro atoms. The molecule has 2 aromatic heterocycles. The van der Waals surface area contributed by atoms with Crippen LogP contribution in [-0.2, 0) is 19.1 Å². The van der Waals surface area contributed by atoms with E-state index < -0.39 is 24.3 Å². The predicted molar refractivity (Wildman–Crippen MR) is 231 cm³/mol. The summed E-state index contributed by atoms with van der Waals surface area (Å²) in [6.07, 6.45) is 14.6. The third kappa shape index (κ3) is 7.42. The highest BCUT2D eigenvalue weighted by Gasteiger charge is 2.58. The zero-order valence-electron chi connectivity index (χ0n) is 36.1. The van der Waals surface area contributed by atoms with E-state index in [2.05, 4.69) is 83.0 Å². The molecule has 10 rings (SSSR count). The van der Waals surface area contributed by atoms with Crippen LogP contribution >= 0.6 is 0 Å². The number of hydrogen-bond acceptors (Lipinski definition) is 8. The normalized spacial score (nSPS) is 26.4. The molecule has 2 saturated heterocycles. The second-order valence-corrected chi connectivity index (χ2v) is 19.5. The minimum absolute atomic E-state index is 0.0264. The molecule has 4 heterocycles. The van der Waals surface area contributed by atoms with Crippen molar-refractivity contribution in [3.63, 3.8) is 0 Å². The van der Waals surface area contributed by atoms with Crippen LogP contribution in [0.1, 0.15) is 115 Å². The number of likely N-dealkylation sites (tertiary alicyclic amines) is 2. The highest BCUT2D eigenvalue weighted by molar-refractivity contribution is 5.88. The summed E-state index contributed by atoms with van der Waals surface area (Å²) >= 11 is 0. The zero-order chi connectivity index (χ0) is 42.9. The van der Waals surface area contributed by atoms with Crippen molar-refractivity contribution in [2.75, 3.05) is 14.2 Å². The van der Waals surface area contributed by atoms with Gasteiger partial charge >= 0.3 is 12.2 Å². The first kappa shape index (κ1) is 40.4. The highest BCUT2D eigenvalue weighted by atomic mass is 16.5. The van der Waals surface area contributed by atoms with Crippen LogP contribution in [0.2, 0.25) is 0 Å². The Morgan fingerprint density at radius 1 is 0.597 bits per heavy atom. The summed E-state index contributed by atoms with van der Waals surface area (Å²) in [5.41, 5.74) is 6.68. The Morgan fingerprint density at radius 2 is 0.952 bits per heavy atom. The highest BCUT2D eigenvalue weighted by Crippen LogP contribution is 2.65. The Labute approximate surface area is 362 Å². The molecule has 4 saturated carbocycles. The van der Waals surface area contributed by atoms with Gasteiger partial charge < -0.3 is 39.9 Å². The Kier molecular flexibility index (Phi) is 10.2. The molecule has 2 aromatic carbocycles. The predicted octanol–water partition coefficient (Wildman–Crippen LogP) is 8.07. The molecule has 4 aromatic rings. The number of hydrogen-bond donors (Lipinski definition) is 4. The van der Waals surface area contributed by atoms with Gasteiger partial charge in [0.15, 0.2) is 0 Å². The largest absolute Gasteiger partial charge is 0.453 e. The molecule has 0 radical (unpaired) electrons. The number of alkyl carbamates (subject to hydrolysis) is 2. The first-order valence-electron chi connectivity index (χ1n) is 22.6. The number of ether oxygens (including phenoxy) is 2. The van der Waals surface area contributed by atoms with Gasteiger partial charge in [0, 0.05) is 12.1 Å². The SMILES string of the molecule is COC(=O)NC(C(=O)N1C(C)CCC1c1ncc(-c2ccc(-c3ccc(-c4cnc(C5CCC(C)N5C(=O)C(NC(=O)OC)C5CC6(CC6)C5)[nH]4)cc3)cc2)[nH]1)C1CC2(CC2)C1. The van der Waals surface area contributed by atoms with Crippen molar-refractivity contribution >= 4 is 24.0 Å². The monoisotopic (exact) mass is 842 g/mol. The quantitative estimate of drug-likeness (QED) is 0.117. The standard InChI is InChI=1S/C48H58N8O6/c1-27-5-15-37(55(27)43(57)39(53-45(59)61-3)33-21-47(22-33)17-18-47)41-49-25-35(51-41)31-11-7-29(8-12-31)30-9-13-32(14-10-30)36-26-50-42(52-36)38-16-6-28(2)56(38)44(58)40(54-46(60)62-4)34-23-48(24-34)19-20-48/h7-14,25-28,33-34,37-40H,5-6,15-24H2,1-4H3,(H,49,51)(H,50,52)(H,53,59)(H,54,60). The summed E-state index contributed by atoms with van der Waals surface area (Å²) in [6.45, 7) is 4.15. The lowest BCUT2D eigenvalue weighted by Gasteiger charge is -2.42. The second-order valence-electron chi connectivity index (χ2n) is 19.5. The van der Waals surface area contributed by atoms with Crippen LogP contribution in [0, 0.1) is 22.7 Å². The summed E-state index contributed by atoms with van der Waals surface area (Å²) in [4.78, 5) is 73.6. The fourth-order valence-electron chi connectivity index (χ4n) is 11.4. The van der Waals surface area contributed by atoms with Gasteiger partial charge in [0.25, 0.3) is 0 Å². The van der Waals surface area contributed by atoms with Gasteiger partial charge in [-0.05, 0) is 136 Å². The van der Waals surface area contributed by atoms with E-state index in [0.717, 1.165) is 96.7 Å². The molecule has 4 N–H and O–H groups in total. The molecular formula is C48H58N8O6. The topological polar surface area (TPSA) is 175 Å². The van der Waals surface area contributed by atoms with Crippen molar-refractivity contribution in [2.24, 2.45) is 22.7 Å². The van der Waals surface area contributed by atoms with E-state index in [1.165, 1.54) is 39.9 Å². The first-order chi connectivity index (χ1) is 30.0. The van der Waals surface area contributed by atoms with Gasteiger partial charge in [0.1, 0.15) is 23.7 Å². The van der Waals surface area contributed by atoms with Crippen molar-refractivity contribution in [3.8, 4) is 33.6 Å². The summed E-state index contributed by atoms with van der Waals surface area (Å²) in [6, 6.07) is 15.2. The Hall–Kier alpha value is -5.66. The lowest BCUT2D eigenvalue weighted by molar-refractivity contribution is -0.140. The number of nitrogens with zero attached hydrogens (tertiary/aromatic N) is 4. The molecule has 6 fully saturated rings. The summed E-state index contributed by atoms with van der Waals surface area (Å²) in [5, 5.41) is 5.78. The fourth-order valence-corrected chi connectivity index (χ4v) is 11.4. The molecule has 326 valence electrons. The third-order valence-corrected chi connectivity index (χ3v) is 15.5. The van der Waals surface area contributed by atoms with Gasteiger partial charge in [-0.3, -0.25) is 9.59 Å². The van der Waals surface area contributed by atoms with Crippen molar-refractivity contribution in [3.05, 3.63) is 72.6 Å². The van der Waals surface area contributed by atoms with E-state index in [1.54, 1.807) is 0 Å². The molecule has 14 heteroatoms. The van der Waals surface area contributed by atoms with E-state index in [9.17, 15) is 19.2 Å². The van der Waals surface area contributed by atoms with Crippen LogP contribution in [0.3, 0.4) is 0 Å². The van der Waals surface area contributed by atoms with Crippen molar-refractivity contribution < 1.29 is 28.7 Å². The minimum atomic E-state index is -0.600. The van der Waals surface area contributed by atoms with Crippen LogP contribution in [0.5, 0.6) is 0 Å². The molecular weight excluding hydrogens is 785 g/mol. The molecule has 4 amide bonds. The number of amides is 4. The molecule has 6 unspecified atom stereocenters. The lowest BCUT2D eigenvalue weighted by Crippen LogP contribution is -2.56. The number of aromatic amines is 2. The maximum absolute atomic E-state index is 14.2. The van der Waals surface area contributed by atoms with Gasteiger partial charge in [-0.1, -0.05) is 48.5 Å². The molecule has 4 aliphatic carbocycles. The number of carbonyl (C=O) groups is 4. The number of H-pyrrole nitrogens is 2. The van der Waals surface area contributed by atoms with Crippen LogP contribution in [0.15, 0.2) is 60.9 Å². The third-order valence-electron chi connectivity index (χ3n) is 15.5. The molecule has 6 atom stereocenters. The van der Waals surface area contributed by atoms with Crippen LogP contribution < -0.4 is 10.6 Å². The van der Waals surface area contributed by atoms with Gasteiger partial charge in [0.05, 0.1) is 50.1 Å². The number of nitrogens with one attached hydrogen (secondary N) is 4. The maximum Gasteiger partial charge on any atom is 0.407 e. The summed E-state index contributed by atoms with van der Waals surface area (Å²) < 4.78 is 9.85. The maximum atomic E-state index is 14.2. The summed E-state index contributed by atoms with van der Waals surface area (Å²) in [5.74, 6) is 1.65. The molecule has 6 aliphatic rings. The van der Waals surface area contributed by atoms with Crippen LogP contribution in [0.4, 0.5) is 9.59 Å². The smallest absolute Gasteiger partial charge is 0.407 e. The van der Waals surface area contributed by atoms with Gasteiger partial charge in [-0.2, -0.15) is 0 Å². The number of rotatable bonds is 11. The van der Waals surface area contributed by atoms with E-state index in [0.29, 0.717) is 10.8 Å². The second kappa shape index (κ2) is 15.6. The van der Waals surface area contributed by atoms with Crippen LogP contribution in [0.25, 0.3) is 33.6 Å². The average Bonchev–Trinajstić information content (AvgIpc) is 3.97. The van der Waals surface area contributed by atoms with Gasteiger partial charge in [-0.15, -0.1) is 0 Å². The number of imidazole rings is 2. The molecule has 14 nitrogen and oxygen atoms in total. The van der Waals surface area contributed by atoms with E-state index in [4.69, 9.17) is 19.4 Å². The Bertz CT molecular complexity index is 2170. The van der Waals surface area contributed by atoms with Gasteiger partial charge in [-0.25, -0.2) is 19.6 Å². The lowest BCUT2D eigenvalue weighted by atomic mass is 9.68. The first-order valence-corrected chi connectivity index (χ1v) is 22.6. The number of carbonyl (C=O) groups excluding carboxylic acids is 4. The Balaban J connectivity index is 0.796. The number of methoxy groups -OCH3 is 2.